The lowest BCUT2D eigenvalue weighted by Gasteiger charge is -2.20. The molecule has 0 amide bonds. The van der Waals surface area contributed by atoms with E-state index in [4.69, 9.17) is 5.73 Å². The van der Waals surface area contributed by atoms with Crippen molar-refractivity contribution in [3.05, 3.63) is 101 Å². The van der Waals surface area contributed by atoms with Gasteiger partial charge in [0.05, 0.1) is 0 Å². The maximum Gasteiger partial charge on any atom is 0.0400 e. The summed E-state index contributed by atoms with van der Waals surface area (Å²) in [6, 6.07) is 12.1. The minimum atomic E-state index is 0.727. The van der Waals surface area contributed by atoms with Crippen LogP contribution in [0.25, 0.3) is 23.8 Å². The average molecular weight is 466 g/mol. The molecule has 0 bridgehead atoms. The second-order valence-corrected chi connectivity index (χ2v) is 6.55. The van der Waals surface area contributed by atoms with Crippen LogP contribution in [0.5, 0.6) is 0 Å². The highest BCUT2D eigenvalue weighted by atomic mass is 31.0. The number of allylic oxidation sites excluding steroid dienone is 3. The number of nitrogen functional groups attached to an aromatic ring is 1. The molecule has 0 spiro atoms. The van der Waals surface area contributed by atoms with Gasteiger partial charge in [-0.2, -0.15) is 0 Å². The second kappa shape index (κ2) is 22.6. The number of hydrogen-bond donors (Lipinski definition) is 1. The van der Waals surface area contributed by atoms with Crippen molar-refractivity contribution in [2.45, 2.75) is 62.3 Å². The molecule has 2 aromatic rings. The minimum Gasteiger partial charge on any atom is -0.398 e. The molecule has 2 N–H and O–H groups in total. The predicted molar refractivity (Wildman–Crippen MR) is 164 cm³/mol. The van der Waals surface area contributed by atoms with E-state index in [9.17, 15) is 0 Å². The van der Waals surface area contributed by atoms with Gasteiger partial charge < -0.3 is 5.73 Å². The lowest BCUT2D eigenvalue weighted by Crippen LogP contribution is -2.02. The highest BCUT2D eigenvalue weighted by Crippen LogP contribution is 2.39. The van der Waals surface area contributed by atoms with Gasteiger partial charge in [0.1, 0.15) is 0 Å². The van der Waals surface area contributed by atoms with Crippen LogP contribution in [-0.2, 0) is 0 Å². The molecule has 2 rings (SSSR count). The Kier molecular flexibility index (Phi) is 23.9. The Morgan fingerprint density at radius 2 is 1.30 bits per heavy atom. The lowest BCUT2D eigenvalue weighted by atomic mass is 9.87. The zero-order valence-electron chi connectivity index (χ0n) is 22.6. The molecule has 0 aliphatic rings. The molecule has 0 radical (unpaired) electrons. The summed E-state index contributed by atoms with van der Waals surface area (Å²) in [4.78, 5) is 0. The van der Waals surface area contributed by atoms with Crippen molar-refractivity contribution in [3.8, 4) is 0 Å². The van der Waals surface area contributed by atoms with Crippen molar-refractivity contribution < 1.29 is 0 Å². The van der Waals surface area contributed by atoms with E-state index in [1.807, 2.05) is 104 Å². The summed E-state index contributed by atoms with van der Waals surface area (Å²) in [5, 5.41) is 1.11. The first-order chi connectivity index (χ1) is 16.0. The van der Waals surface area contributed by atoms with Crippen LogP contribution in [0.15, 0.2) is 73.6 Å². The zero-order valence-corrected chi connectivity index (χ0v) is 23.8. The quantitative estimate of drug-likeness (QED) is 0.256. The van der Waals surface area contributed by atoms with E-state index in [1.165, 1.54) is 0 Å². The third-order valence-electron chi connectivity index (χ3n) is 4.02. The first-order valence-corrected chi connectivity index (χ1v) is 12.7. The van der Waals surface area contributed by atoms with Gasteiger partial charge >= 0.3 is 0 Å². The fourth-order valence-electron chi connectivity index (χ4n) is 2.90. The van der Waals surface area contributed by atoms with Crippen LogP contribution in [0, 0.1) is 0 Å². The standard InChI is InChI=1S/C23H24NP.4C2H6/c1-5-8-12-20-18(7-3)14-15-21(24)23(20)22(16(4)25)19-13-10-9-11-17(19)6-2;4*1-2/h5-15H,1-3,24-25H2,4H3;4*1-2H3/b12-8-,22-16-;;;;. The fourth-order valence-corrected chi connectivity index (χ4v) is 3.20. The van der Waals surface area contributed by atoms with Crippen molar-refractivity contribution in [2.75, 3.05) is 5.73 Å². The first kappa shape index (κ1) is 35.0. The molecule has 0 saturated heterocycles. The number of hydrogen-bond acceptors (Lipinski definition) is 1. The molecule has 0 fully saturated rings. The molecule has 182 valence electrons. The lowest BCUT2D eigenvalue weighted by molar-refractivity contribution is 1.47. The largest absolute Gasteiger partial charge is 0.398 e. The third kappa shape index (κ3) is 10.7. The second-order valence-electron chi connectivity index (χ2n) is 5.68. The molecule has 0 aliphatic heterocycles. The van der Waals surface area contributed by atoms with Gasteiger partial charge in [-0.15, -0.1) is 9.24 Å². The molecule has 1 nitrogen and oxygen atoms in total. The van der Waals surface area contributed by atoms with Gasteiger partial charge in [0, 0.05) is 11.3 Å². The Bertz CT molecular complexity index is 882. The summed E-state index contributed by atoms with van der Waals surface area (Å²) >= 11 is 0. The highest BCUT2D eigenvalue weighted by molar-refractivity contribution is 7.23. The Balaban J connectivity index is -0.00000101. The Hall–Kier alpha value is -2.63. The van der Waals surface area contributed by atoms with Gasteiger partial charge in [0.25, 0.3) is 0 Å². The monoisotopic (exact) mass is 465 g/mol. The summed E-state index contributed by atoms with van der Waals surface area (Å²) in [7, 11) is 2.81. The Labute approximate surface area is 208 Å². The van der Waals surface area contributed by atoms with Crippen molar-refractivity contribution >= 4 is 38.7 Å². The maximum absolute atomic E-state index is 6.42. The zero-order chi connectivity index (χ0) is 26.4. The minimum absolute atomic E-state index is 0.727. The Morgan fingerprint density at radius 1 is 0.788 bits per heavy atom. The highest BCUT2D eigenvalue weighted by Gasteiger charge is 2.17. The molecule has 0 heterocycles. The summed E-state index contributed by atoms with van der Waals surface area (Å²) in [5.74, 6) is 0. The van der Waals surface area contributed by atoms with Crippen LogP contribution < -0.4 is 5.73 Å². The van der Waals surface area contributed by atoms with Crippen LogP contribution in [0.2, 0.25) is 0 Å². The maximum atomic E-state index is 6.42. The third-order valence-corrected chi connectivity index (χ3v) is 4.31. The van der Waals surface area contributed by atoms with Crippen molar-refractivity contribution in [1.29, 1.82) is 0 Å². The molecule has 0 aromatic heterocycles. The molecule has 2 aromatic carbocycles. The van der Waals surface area contributed by atoms with Crippen molar-refractivity contribution in [3.63, 3.8) is 0 Å². The molecule has 0 aliphatic carbocycles. The van der Waals surface area contributed by atoms with Gasteiger partial charge in [-0.1, -0.05) is 136 Å². The average Bonchev–Trinajstić information content (AvgIpc) is 2.89. The van der Waals surface area contributed by atoms with Gasteiger partial charge in [0.15, 0.2) is 0 Å². The van der Waals surface area contributed by atoms with Crippen LogP contribution in [0.3, 0.4) is 0 Å². The van der Waals surface area contributed by atoms with Gasteiger partial charge in [-0.05, 0) is 46.1 Å². The molecule has 1 unspecified atom stereocenters. The molecule has 2 heteroatoms. The molecular weight excluding hydrogens is 417 g/mol. The SMILES string of the molecule is C=C/C=C\c1c(C=C)ccc(N)c1/C(=C(/C)P)c1ccccc1C=C.CC.CC.CC.CC. The fraction of sp³-hybridized carbons (Fsp3) is 0.290. The van der Waals surface area contributed by atoms with E-state index in [1.54, 1.807) is 6.08 Å². The normalized spacial score (nSPS) is 9.76. The molecular formula is C31H48NP. The van der Waals surface area contributed by atoms with Crippen LogP contribution in [-0.4, -0.2) is 0 Å². The van der Waals surface area contributed by atoms with Crippen LogP contribution >= 0.6 is 9.24 Å². The van der Waals surface area contributed by atoms with Crippen molar-refractivity contribution in [2.24, 2.45) is 0 Å². The van der Waals surface area contributed by atoms with Gasteiger partial charge in [-0.25, -0.2) is 0 Å². The van der Waals surface area contributed by atoms with Gasteiger partial charge in [-0.3, -0.25) is 0 Å². The topological polar surface area (TPSA) is 26.0 Å². The molecule has 33 heavy (non-hydrogen) atoms. The van der Waals surface area contributed by atoms with Crippen LogP contribution in [0.4, 0.5) is 5.69 Å². The number of anilines is 1. The Morgan fingerprint density at radius 3 is 1.76 bits per heavy atom. The van der Waals surface area contributed by atoms with E-state index in [-0.39, 0.29) is 0 Å². The predicted octanol–water partition coefficient (Wildman–Crippen LogP) is 10.5. The summed E-state index contributed by atoms with van der Waals surface area (Å²) in [6.07, 6.45) is 9.42. The first-order valence-electron chi connectivity index (χ1n) is 12.1. The number of benzene rings is 2. The van der Waals surface area contributed by atoms with Crippen molar-refractivity contribution in [1.82, 2.24) is 0 Å². The van der Waals surface area contributed by atoms with Crippen LogP contribution in [0.1, 0.15) is 90.1 Å². The smallest absolute Gasteiger partial charge is 0.0400 e. The van der Waals surface area contributed by atoms with E-state index < -0.39 is 0 Å². The summed E-state index contributed by atoms with van der Waals surface area (Å²) in [6.45, 7) is 29.7. The van der Waals surface area contributed by atoms with Gasteiger partial charge in [0.2, 0.25) is 0 Å². The van der Waals surface area contributed by atoms with E-state index in [0.29, 0.717) is 0 Å². The number of rotatable bonds is 6. The van der Waals surface area contributed by atoms with E-state index in [2.05, 4.69) is 48.0 Å². The number of nitrogens with two attached hydrogens (primary N) is 1. The summed E-state index contributed by atoms with van der Waals surface area (Å²) < 4.78 is 0. The summed E-state index contributed by atoms with van der Waals surface area (Å²) in [5.41, 5.74) is 13.5. The van der Waals surface area contributed by atoms with E-state index in [0.717, 1.165) is 44.4 Å². The molecule has 0 saturated carbocycles. The van der Waals surface area contributed by atoms with E-state index >= 15 is 0 Å². The molecule has 1 atom stereocenters.